The number of nitrogens with zero attached hydrogens (tertiary/aromatic N) is 1. The predicted molar refractivity (Wildman–Crippen MR) is 76.4 cm³/mol. The summed E-state index contributed by atoms with van der Waals surface area (Å²) in [5.74, 6) is 0.636. The van der Waals surface area contributed by atoms with E-state index < -0.39 is 6.10 Å². The maximum absolute atomic E-state index is 9.80. The summed E-state index contributed by atoms with van der Waals surface area (Å²) in [5.41, 5.74) is 0.581. The van der Waals surface area contributed by atoms with Gasteiger partial charge in [-0.25, -0.2) is 0 Å². The van der Waals surface area contributed by atoms with E-state index in [0.717, 1.165) is 12.8 Å². The van der Waals surface area contributed by atoms with E-state index in [-0.39, 0.29) is 19.3 Å². The Hall–Kier alpha value is -1.61. The van der Waals surface area contributed by atoms with Crippen molar-refractivity contribution in [2.24, 2.45) is 0 Å². The van der Waals surface area contributed by atoms with E-state index in [1.807, 2.05) is 13.0 Å². The second-order valence-electron chi connectivity index (χ2n) is 4.78. The van der Waals surface area contributed by atoms with Gasteiger partial charge in [0.05, 0.1) is 11.6 Å². The van der Waals surface area contributed by atoms with Crippen molar-refractivity contribution in [3.8, 4) is 11.8 Å². The van der Waals surface area contributed by atoms with Gasteiger partial charge < -0.3 is 20.3 Å². The van der Waals surface area contributed by atoms with Crippen LogP contribution in [0.5, 0.6) is 5.75 Å². The maximum Gasteiger partial charge on any atom is 0.119 e. The monoisotopic (exact) mass is 278 g/mol. The first-order chi connectivity index (χ1) is 9.65. The van der Waals surface area contributed by atoms with Crippen LogP contribution in [0.25, 0.3) is 0 Å². The zero-order valence-corrected chi connectivity index (χ0v) is 11.7. The number of hydrogen-bond donors (Lipinski definition) is 3. The van der Waals surface area contributed by atoms with Gasteiger partial charge in [-0.3, -0.25) is 0 Å². The molecule has 5 heteroatoms. The molecule has 1 aromatic rings. The number of benzene rings is 1. The lowest BCUT2D eigenvalue weighted by Crippen LogP contribution is -2.36. The first-order valence-electron chi connectivity index (χ1n) is 6.81. The van der Waals surface area contributed by atoms with Crippen molar-refractivity contribution in [1.82, 2.24) is 5.32 Å². The van der Waals surface area contributed by atoms with Gasteiger partial charge in [-0.2, -0.15) is 5.26 Å². The number of rotatable bonds is 9. The average molecular weight is 278 g/mol. The number of hydrogen-bond acceptors (Lipinski definition) is 5. The molecule has 20 heavy (non-hydrogen) atoms. The molecule has 1 rings (SSSR count). The van der Waals surface area contributed by atoms with Crippen LogP contribution in [-0.4, -0.2) is 42.1 Å². The summed E-state index contributed by atoms with van der Waals surface area (Å²) < 4.78 is 5.44. The summed E-state index contributed by atoms with van der Waals surface area (Å²) in [5, 5.41) is 30.4. The van der Waals surface area contributed by atoms with Gasteiger partial charge in [0.15, 0.2) is 0 Å². The number of nitriles is 1. The molecule has 110 valence electrons. The summed E-state index contributed by atoms with van der Waals surface area (Å²) >= 11 is 0. The molecule has 0 saturated carbocycles. The Balaban J connectivity index is 2.22. The van der Waals surface area contributed by atoms with Crippen molar-refractivity contribution in [1.29, 1.82) is 5.26 Å². The molecule has 0 fully saturated rings. The molecule has 5 nitrogen and oxygen atoms in total. The average Bonchev–Trinajstić information content (AvgIpc) is 2.49. The highest BCUT2D eigenvalue weighted by Crippen LogP contribution is 2.11. The Morgan fingerprint density at radius 1 is 1.35 bits per heavy atom. The van der Waals surface area contributed by atoms with Crippen LogP contribution in [0, 0.1) is 11.3 Å². The van der Waals surface area contributed by atoms with E-state index in [4.69, 9.17) is 15.1 Å². The van der Waals surface area contributed by atoms with Gasteiger partial charge in [-0.1, -0.05) is 0 Å². The zero-order chi connectivity index (χ0) is 14.8. The van der Waals surface area contributed by atoms with Crippen LogP contribution in [0.3, 0.4) is 0 Å². The van der Waals surface area contributed by atoms with Crippen LogP contribution in [0.1, 0.15) is 25.3 Å². The van der Waals surface area contributed by atoms with Crippen molar-refractivity contribution in [2.45, 2.75) is 31.9 Å². The normalized spacial score (nSPS) is 13.5. The molecule has 0 aliphatic heterocycles. The molecule has 0 heterocycles. The molecule has 0 radical (unpaired) electrons. The molecule has 2 unspecified atom stereocenters. The molecule has 0 aromatic heterocycles. The molecule has 0 spiro atoms. The third-order valence-electron chi connectivity index (χ3n) is 2.92. The fourth-order valence-corrected chi connectivity index (χ4v) is 1.71. The van der Waals surface area contributed by atoms with Gasteiger partial charge >= 0.3 is 0 Å². The summed E-state index contributed by atoms with van der Waals surface area (Å²) in [7, 11) is 0. The first-order valence-corrected chi connectivity index (χ1v) is 6.81. The molecule has 0 aliphatic rings. The smallest absolute Gasteiger partial charge is 0.119 e. The first kappa shape index (κ1) is 16.4. The van der Waals surface area contributed by atoms with Crippen LogP contribution in [0.15, 0.2) is 24.3 Å². The number of aliphatic hydroxyl groups is 2. The van der Waals surface area contributed by atoms with E-state index in [1.54, 1.807) is 24.3 Å². The summed E-state index contributed by atoms with van der Waals surface area (Å²) in [4.78, 5) is 0. The standard InChI is InChI=1S/C15H22N2O3/c1-12(3-2-8-18)17-10-14(19)11-20-15-6-4-13(9-16)5-7-15/h4-7,12,14,17-19H,2-3,8,10-11H2,1H3. The minimum absolute atomic E-state index is 0.191. The molecular weight excluding hydrogens is 256 g/mol. The van der Waals surface area contributed by atoms with Gasteiger partial charge in [-0.05, 0) is 44.0 Å². The van der Waals surface area contributed by atoms with E-state index in [1.165, 1.54) is 0 Å². The van der Waals surface area contributed by atoms with E-state index in [0.29, 0.717) is 17.9 Å². The molecule has 0 aliphatic carbocycles. The van der Waals surface area contributed by atoms with Crippen molar-refractivity contribution in [2.75, 3.05) is 19.8 Å². The Morgan fingerprint density at radius 3 is 2.65 bits per heavy atom. The van der Waals surface area contributed by atoms with E-state index in [9.17, 15) is 5.11 Å². The van der Waals surface area contributed by atoms with Gasteiger partial charge in [0.1, 0.15) is 18.5 Å². The highest BCUT2D eigenvalue weighted by Gasteiger charge is 2.08. The molecule has 0 bridgehead atoms. The van der Waals surface area contributed by atoms with E-state index >= 15 is 0 Å². The van der Waals surface area contributed by atoms with Crippen LogP contribution in [0.2, 0.25) is 0 Å². The number of aliphatic hydroxyl groups excluding tert-OH is 2. The third kappa shape index (κ3) is 6.53. The predicted octanol–water partition coefficient (Wildman–Crippen LogP) is 1.05. The summed E-state index contributed by atoms with van der Waals surface area (Å²) in [6, 6.07) is 9.07. The highest BCUT2D eigenvalue weighted by molar-refractivity contribution is 5.34. The van der Waals surface area contributed by atoms with Crippen LogP contribution < -0.4 is 10.1 Å². The van der Waals surface area contributed by atoms with Gasteiger partial charge in [0.2, 0.25) is 0 Å². The van der Waals surface area contributed by atoms with Crippen LogP contribution in [0.4, 0.5) is 0 Å². The molecule has 1 aromatic carbocycles. The quantitative estimate of drug-likeness (QED) is 0.628. The minimum Gasteiger partial charge on any atom is -0.491 e. The second kappa shape index (κ2) is 9.32. The number of ether oxygens (including phenoxy) is 1. The van der Waals surface area contributed by atoms with Gasteiger partial charge in [-0.15, -0.1) is 0 Å². The van der Waals surface area contributed by atoms with E-state index in [2.05, 4.69) is 5.32 Å². The third-order valence-corrected chi connectivity index (χ3v) is 2.92. The van der Waals surface area contributed by atoms with Crippen molar-refractivity contribution >= 4 is 0 Å². The van der Waals surface area contributed by atoms with Crippen LogP contribution in [-0.2, 0) is 0 Å². The van der Waals surface area contributed by atoms with Crippen LogP contribution >= 0.6 is 0 Å². The lowest BCUT2D eigenvalue weighted by atomic mass is 10.2. The fraction of sp³-hybridized carbons (Fsp3) is 0.533. The Labute approximate surface area is 119 Å². The highest BCUT2D eigenvalue weighted by atomic mass is 16.5. The topological polar surface area (TPSA) is 85.5 Å². The van der Waals surface area contributed by atoms with Crippen molar-refractivity contribution < 1.29 is 14.9 Å². The van der Waals surface area contributed by atoms with Gasteiger partial charge in [0.25, 0.3) is 0 Å². The molecule has 0 amide bonds. The molecule has 0 saturated heterocycles. The second-order valence-corrected chi connectivity index (χ2v) is 4.78. The lowest BCUT2D eigenvalue weighted by Gasteiger charge is -2.17. The Kier molecular flexibility index (Phi) is 7.66. The summed E-state index contributed by atoms with van der Waals surface area (Å²) in [6.45, 7) is 2.86. The zero-order valence-electron chi connectivity index (χ0n) is 11.7. The lowest BCUT2D eigenvalue weighted by molar-refractivity contribution is 0.103. The number of nitrogens with one attached hydrogen (secondary N) is 1. The SMILES string of the molecule is CC(CCCO)NCC(O)COc1ccc(C#N)cc1. The van der Waals surface area contributed by atoms with Gasteiger partial charge in [0, 0.05) is 19.2 Å². The maximum atomic E-state index is 9.80. The Bertz CT molecular complexity index is 414. The molecule has 3 N–H and O–H groups in total. The summed E-state index contributed by atoms with van der Waals surface area (Å²) in [6.07, 6.45) is 1.04. The fourth-order valence-electron chi connectivity index (χ4n) is 1.71. The largest absolute Gasteiger partial charge is 0.491 e. The molecular formula is C15H22N2O3. The Morgan fingerprint density at radius 2 is 2.05 bits per heavy atom. The van der Waals surface area contributed by atoms with Crippen molar-refractivity contribution in [3.63, 3.8) is 0 Å². The van der Waals surface area contributed by atoms with Crippen molar-refractivity contribution in [3.05, 3.63) is 29.8 Å². The minimum atomic E-state index is -0.595. The molecule has 2 atom stereocenters.